The van der Waals surface area contributed by atoms with Gasteiger partial charge in [0.1, 0.15) is 0 Å². The van der Waals surface area contributed by atoms with Gasteiger partial charge >= 0.3 is 5.97 Å². The van der Waals surface area contributed by atoms with E-state index in [1.807, 2.05) is 0 Å². The molecule has 0 aliphatic heterocycles. The quantitative estimate of drug-likeness (QED) is 0.646. The van der Waals surface area contributed by atoms with Gasteiger partial charge in [0.2, 0.25) is 0 Å². The van der Waals surface area contributed by atoms with E-state index in [9.17, 15) is 19.7 Å². The summed E-state index contributed by atoms with van der Waals surface area (Å²) in [4.78, 5) is 33.1. The first-order valence-corrected chi connectivity index (χ1v) is 6.00. The summed E-state index contributed by atoms with van der Waals surface area (Å²) < 4.78 is 0. The number of hydrogen-bond acceptors (Lipinski definition) is 4. The van der Waals surface area contributed by atoms with Crippen LogP contribution in [0.15, 0.2) is 35.4 Å². The van der Waals surface area contributed by atoms with Gasteiger partial charge in [-0.1, -0.05) is 6.07 Å². The maximum absolute atomic E-state index is 12.0. The summed E-state index contributed by atoms with van der Waals surface area (Å²) in [5.41, 5.74) is 0.493. The summed E-state index contributed by atoms with van der Waals surface area (Å²) in [6, 6.07) is 5.51. The molecular weight excluding hydrogens is 264 g/mol. The minimum atomic E-state index is -1.09. The van der Waals surface area contributed by atoms with Gasteiger partial charge in [0.15, 0.2) is 0 Å². The monoisotopic (exact) mass is 276 g/mol. The van der Waals surface area contributed by atoms with Gasteiger partial charge in [-0.3, -0.25) is 14.9 Å². The molecule has 2 N–H and O–H groups in total. The lowest BCUT2D eigenvalue weighted by Crippen LogP contribution is -2.16. The summed E-state index contributed by atoms with van der Waals surface area (Å²) in [7, 11) is 0. The minimum absolute atomic E-state index is 0.118. The van der Waals surface area contributed by atoms with E-state index in [1.54, 1.807) is 0 Å². The number of carbonyl (C=O) groups is 2. The molecule has 0 bridgehead atoms. The molecule has 1 aromatic rings. The predicted molar refractivity (Wildman–Crippen MR) is 70.2 cm³/mol. The van der Waals surface area contributed by atoms with E-state index < -0.39 is 16.8 Å². The molecule has 1 aliphatic carbocycles. The largest absolute Gasteiger partial charge is 0.478 e. The number of hydrogen-bond donors (Lipinski definition) is 2. The lowest BCUT2D eigenvalue weighted by atomic mass is 10.1. The Morgan fingerprint density at radius 1 is 1.25 bits per heavy atom. The van der Waals surface area contributed by atoms with E-state index in [2.05, 4.69) is 5.32 Å². The van der Waals surface area contributed by atoms with E-state index in [0.29, 0.717) is 19.3 Å². The van der Waals surface area contributed by atoms with Gasteiger partial charge in [-0.05, 0) is 25.3 Å². The first-order chi connectivity index (χ1) is 9.49. The molecule has 0 aromatic heterocycles. The molecule has 0 spiro atoms. The van der Waals surface area contributed by atoms with Gasteiger partial charge in [0, 0.05) is 29.0 Å². The van der Waals surface area contributed by atoms with E-state index in [1.165, 1.54) is 24.3 Å². The molecule has 0 atom stereocenters. The zero-order valence-corrected chi connectivity index (χ0v) is 10.5. The number of rotatable bonds is 4. The normalized spacial score (nSPS) is 14.2. The number of anilines is 1. The third-order valence-electron chi connectivity index (χ3n) is 3.06. The fourth-order valence-corrected chi connectivity index (χ4v) is 2.13. The number of aliphatic carboxylic acids is 1. The van der Waals surface area contributed by atoms with Crippen LogP contribution in [0.3, 0.4) is 0 Å². The van der Waals surface area contributed by atoms with Crippen molar-refractivity contribution in [3.63, 3.8) is 0 Å². The molecule has 2 rings (SSSR count). The van der Waals surface area contributed by atoms with Crippen LogP contribution in [0.5, 0.6) is 0 Å². The van der Waals surface area contributed by atoms with Crippen molar-refractivity contribution in [1.82, 2.24) is 0 Å². The average molecular weight is 276 g/mol. The third kappa shape index (κ3) is 2.82. The maximum Gasteiger partial charge on any atom is 0.332 e. The lowest BCUT2D eigenvalue weighted by Gasteiger charge is -2.06. The van der Waals surface area contributed by atoms with Crippen LogP contribution in [-0.2, 0) is 9.59 Å². The fraction of sp³-hybridized carbons (Fsp3) is 0.231. The van der Waals surface area contributed by atoms with Crippen LogP contribution < -0.4 is 5.32 Å². The SMILES string of the molecule is O=C(O)C1=C(C(=O)Nc2cccc([N+](=O)[O-])c2)CCC1. The summed E-state index contributed by atoms with van der Waals surface area (Å²) in [5, 5.41) is 22.1. The van der Waals surface area contributed by atoms with Crippen LogP contribution in [0.2, 0.25) is 0 Å². The number of carbonyl (C=O) groups excluding carboxylic acids is 1. The van der Waals surface area contributed by atoms with Crippen LogP contribution in [0.1, 0.15) is 19.3 Å². The van der Waals surface area contributed by atoms with Crippen LogP contribution >= 0.6 is 0 Å². The highest BCUT2D eigenvalue weighted by atomic mass is 16.6. The molecule has 104 valence electrons. The van der Waals surface area contributed by atoms with E-state index in [-0.39, 0.29) is 22.5 Å². The molecule has 0 unspecified atom stereocenters. The van der Waals surface area contributed by atoms with Crippen molar-refractivity contribution in [2.75, 3.05) is 5.32 Å². The Bertz CT molecular complexity index is 621. The fourth-order valence-electron chi connectivity index (χ4n) is 2.13. The van der Waals surface area contributed by atoms with Gasteiger partial charge in [-0.2, -0.15) is 0 Å². The molecule has 20 heavy (non-hydrogen) atoms. The number of non-ortho nitro benzene ring substituents is 1. The molecule has 1 aromatic carbocycles. The lowest BCUT2D eigenvalue weighted by molar-refractivity contribution is -0.384. The van der Waals surface area contributed by atoms with Crippen molar-refractivity contribution in [2.45, 2.75) is 19.3 Å². The summed E-state index contributed by atoms with van der Waals surface area (Å²) in [5.74, 6) is -1.60. The third-order valence-corrected chi connectivity index (χ3v) is 3.06. The maximum atomic E-state index is 12.0. The molecule has 0 heterocycles. The molecule has 7 nitrogen and oxygen atoms in total. The summed E-state index contributed by atoms with van der Waals surface area (Å²) >= 11 is 0. The van der Waals surface area contributed by atoms with Crippen LogP contribution in [0.25, 0.3) is 0 Å². The van der Waals surface area contributed by atoms with E-state index in [4.69, 9.17) is 5.11 Å². The Labute approximate surface area is 114 Å². The van der Waals surface area contributed by atoms with Crippen molar-refractivity contribution < 1.29 is 19.6 Å². The Morgan fingerprint density at radius 3 is 2.60 bits per heavy atom. The van der Waals surface area contributed by atoms with Gasteiger partial charge in [0.05, 0.1) is 4.92 Å². The molecule has 0 fully saturated rings. The van der Waals surface area contributed by atoms with Gasteiger partial charge < -0.3 is 10.4 Å². The number of carboxylic acid groups (broad SMARTS) is 1. The topological polar surface area (TPSA) is 110 Å². The second-order valence-corrected chi connectivity index (χ2v) is 4.38. The summed E-state index contributed by atoms with van der Waals surface area (Å²) in [6.07, 6.45) is 1.40. The number of nitro groups is 1. The average Bonchev–Trinajstić information content (AvgIpc) is 2.88. The molecule has 1 aliphatic rings. The van der Waals surface area contributed by atoms with Gasteiger partial charge in [0.25, 0.3) is 11.6 Å². The van der Waals surface area contributed by atoms with Gasteiger partial charge in [-0.15, -0.1) is 0 Å². The van der Waals surface area contributed by atoms with Crippen molar-refractivity contribution in [1.29, 1.82) is 0 Å². The molecule has 1 amide bonds. The minimum Gasteiger partial charge on any atom is -0.478 e. The molecule has 0 saturated carbocycles. The van der Waals surface area contributed by atoms with Crippen LogP contribution in [-0.4, -0.2) is 21.9 Å². The second kappa shape index (κ2) is 5.52. The standard InChI is InChI=1S/C13H12N2O5/c16-12(10-5-2-6-11(10)13(17)18)14-8-3-1-4-9(7-8)15(19)20/h1,3-4,7H,2,5-6H2,(H,14,16)(H,17,18). The Balaban J connectivity index is 2.20. The second-order valence-electron chi connectivity index (χ2n) is 4.38. The number of amides is 1. The number of nitrogens with zero attached hydrogens (tertiary/aromatic N) is 1. The van der Waals surface area contributed by atoms with E-state index in [0.717, 1.165) is 0 Å². The van der Waals surface area contributed by atoms with Crippen molar-refractivity contribution >= 4 is 23.3 Å². The first-order valence-electron chi connectivity index (χ1n) is 6.00. The number of benzene rings is 1. The number of carboxylic acids is 1. The molecule has 7 heteroatoms. The smallest absolute Gasteiger partial charge is 0.332 e. The highest BCUT2D eigenvalue weighted by Crippen LogP contribution is 2.27. The Hall–Kier alpha value is -2.70. The number of nitrogens with one attached hydrogen (secondary N) is 1. The van der Waals surface area contributed by atoms with Crippen molar-refractivity contribution in [3.05, 3.63) is 45.5 Å². The zero-order valence-electron chi connectivity index (χ0n) is 10.5. The summed E-state index contributed by atoms with van der Waals surface area (Å²) in [6.45, 7) is 0. The number of nitro benzene ring substituents is 1. The molecule has 0 radical (unpaired) electrons. The highest BCUT2D eigenvalue weighted by molar-refractivity contribution is 6.09. The van der Waals surface area contributed by atoms with Crippen LogP contribution in [0.4, 0.5) is 11.4 Å². The first kappa shape index (κ1) is 13.7. The van der Waals surface area contributed by atoms with Crippen molar-refractivity contribution in [3.8, 4) is 0 Å². The van der Waals surface area contributed by atoms with E-state index >= 15 is 0 Å². The zero-order chi connectivity index (χ0) is 14.7. The Kier molecular flexibility index (Phi) is 3.79. The van der Waals surface area contributed by atoms with Crippen molar-refractivity contribution in [2.24, 2.45) is 0 Å². The Morgan fingerprint density at radius 2 is 1.95 bits per heavy atom. The predicted octanol–water partition coefficient (Wildman–Crippen LogP) is 2.10. The highest BCUT2D eigenvalue weighted by Gasteiger charge is 2.25. The van der Waals surface area contributed by atoms with Gasteiger partial charge in [-0.25, -0.2) is 4.79 Å². The molecule has 0 saturated heterocycles. The molecular formula is C13H12N2O5. The van der Waals surface area contributed by atoms with Crippen LogP contribution in [0, 0.1) is 10.1 Å².